The van der Waals surface area contributed by atoms with Gasteiger partial charge in [0.05, 0.1) is 30.5 Å². The van der Waals surface area contributed by atoms with Crippen LogP contribution >= 0.6 is 0 Å². The second kappa shape index (κ2) is 8.00. The Bertz CT molecular complexity index is 1040. The van der Waals surface area contributed by atoms with Gasteiger partial charge in [0.2, 0.25) is 5.95 Å². The fraction of sp³-hybridized carbons (Fsp3) is 0.409. The molecule has 3 aromatic rings. The number of aromatic nitrogens is 3. The predicted molar refractivity (Wildman–Crippen MR) is 110 cm³/mol. The molecule has 4 rings (SSSR count). The Labute approximate surface area is 169 Å². The highest BCUT2D eigenvalue weighted by atomic mass is 19.1. The first-order chi connectivity index (χ1) is 13.9. The SMILES string of the molecule is Cc1cc(C(C)C)c2cc(-c3nc(N[C@@H]4CCOC[C@H]4O)ncc3F)ccc2n1. The molecule has 0 radical (unpaired) electrons. The molecule has 3 heterocycles. The van der Waals surface area contributed by atoms with E-state index < -0.39 is 11.9 Å². The lowest BCUT2D eigenvalue weighted by Crippen LogP contribution is -2.42. The summed E-state index contributed by atoms with van der Waals surface area (Å²) in [6.07, 6.45) is 1.15. The Balaban J connectivity index is 1.73. The van der Waals surface area contributed by atoms with Gasteiger partial charge < -0.3 is 15.2 Å². The van der Waals surface area contributed by atoms with Crippen molar-refractivity contribution in [3.05, 3.63) is 47.5 Å². The molecule has 152 valence electrons. The number of rotatable bonds is 4. The van der Waals surface area contributed by atoms with Crippen LogP contribution in [0.5, 0.6) is 0 Å². The van der Waals surface area contributed by atoms with Crippen molar-refractivity contribution in [3.8, 4) is 11.3 Å². The fourth-order valence-corrected chi connectivity index (χ4v) is 3.71. The second-order valence-corrected chi connectivity index (χ2v) is 7.81. The van der Waals surface area contributed by atoms with Crippen LogP contribution in [0.2, 0.25) is 0 Å². The highest BCUT2D eigenvalue weighted by Crippen LogP contribution is 2.30. The maximum atomic E-state index is 14.6. The average molecular weight is 396 g/mol. The molecule has 2 aromatic heterocycles. The van der Waals surface area contributed by atoms with Gasteiger partial charge in [0.1, 0.15) is 5.69 Å². The molecule has 0 amide bonds. The van der Waals surface area contributed by atoms with E-state index in [1.807, 2.05) is 25.1 Å². The molecule has 1 saturated heterocycles. The smallest absolute Gasteiger partial charge is 0.223 e. The molecule has 7 heteroatoms. The van der Waals surface area contributed by atoms with E-state index in [9.17, 15) is 9.50 Å². The molecule has 0 saturated carbocycles. The maximum Gasteiger partial charge on any atom is 0.223 e. The normalized spacial score (nSPS) is 19.7. The molecule has 0 unspecified atom stereocenters. The van der Waals surface area contributed by atoms with E-state index in [1.54, 1.807) is 0 Å². The number of hydrogen-bond donors (Lipinski definition) is 2. The molecule has 1 fully saturated rings. The summed E-state index contributed by atoms with van der Waals surface area (Å²) in [4.78, 5) is 13.1. The van der Waals surface area contributed by atoms with E-state index in [1.165, 1.54) is 5.56 Å². The van der Waals surface area contributed by atoms with Crippen molar-refractivity contribution >= 4 is 16.9 Å². The van der Waals surface area contributed by atoms with E-state index in [-0.39, 0.29) is 18.3 Å². The summed E-state index contributed by atoms with van der Waals surface area (Å²) < 4.78 is 19.8. The number of anilines is 1. The van der Waals surface area contributed by atoms with Gasteiger partial charge in [-0.3, -0.25) is 4.98 Å². The number of halogens is 1. The van der Waals surface area contributed by atoms with Crippen molar-refractivity contribution in [2.24, 2.45) is 0 Å². The predicted octanol–water partition coefficient (Wildman–Crippen LogP) is 3.82. The van der Waals surface area contributed by atoms with Crippen LogP contribution in [0.25, 0.3) is 22.2 Å². The number of benzene rings is 1. The van der Waals surface area contributed by atoms with Crippen LogP contribution in [0.15, 0.2) is 30.5 Å². The second-order valence-electron chi connectivity index (χ2n) is 7.81. The molecule has 0 aliphatic carbocycles. The van der Waals surface area contributed by atoms with Crippen LogP contribution in [-0.2, 0) is 4.74 Å². The number of aliphatic hydroxyl groups is 1. The summed E-state index contributed by atoms with van der Waals surface area (Å²) in [5, 5.41) is 14.2. The van der Waals surface area contributed by atoms with Crippen molar-refractivity contribution in [2.75, 3.05) is 18.5 Å². The lowest BCUT2D eigenvalue weighted by molar-refractivity contribution is -0.0136. The summed E-state index contributed by atoms with van der Waals surface area (Å²) in [6, 6.07) is 7.53. The number of nitrogens with one attached hydrogen (secondary N) is 1. The van der Waals surface area contributed by atoms with E-state index in [2.05, 4.69) is 40.2 Å². The average Bonchev–Trinajstić information content (AvgIpc) is 2.70. The van der Waals surface area contributed by atoms with Crippen molar-refractivity contribution in [1.29, 1.82) is 0 Å². The van der Waals surface area contributed by atoms with Crippen LogP contribution in [0, 0.1) is 12.7 Å². The van der Waals surface area contributed by atoms with Gasteiger partial charge in [-0.15, -0.1) is 0 Å². The Morgan fingerprint density at radius 3 is 2.83 bits per heavy atom. The number of ether oxygens (including phenoxy) is 1. The zero-order chi connectivity index (χ0) is 20.5. The van der Waals surface area contributed by atoms with Crippen molar-refractivity contribution in [3.63, 3.8) is 0 Å². The molecular weight excluding hydrogens is 371 g/mol. The van der Waals surface area contributed by atoms with Gasteiger partial charge in [0.25, 0.3) is 0 Å². The summed E-state index contributed by atoms with van der Waals surface area (Å²) >= 11 is 0. The molecule has 0 spiro atoms. The Morgan fingerprint density at radius 2 is 2.07 bits per heavy atom. The third kappa shape index (κ3) is 4.06. The standard InChI is InChI=1S/C22H25FN4O2/c1-12(2)15-8-13(3)25-18-5-4-14(9-16(15)18)21-17(23)10-24-22(27-21)26-19-6-7-29-11-20(19)28/h4-5,8-10,12,19-20,28H,6-7,11H2,1-3H3,(H,24,26,27)/t19-,20-/m1/s1. The topological polar surface area (TPSA) is 80.2 Å². The number of aryl methyl sites for hydroxylation is 1. The van der Waals surface area contributed by atoms with Gasteiger partial charge in [-0.25, -0.2) is 14.4 Å². The zero-order valence-electron chi connectivity index (χ0n) is 16.8. The van der Waals surface area contributed by atoms with Gasteiger partial charge in [0.15, 0.2) is 5.82 Å². The van der Waals surface area contributed by atoms with Gasteiger partial charge >= 0.3 is 0 Å². The van der Waals surface area contributed by atoms with Gasteiger partial charge in [-0.05, 0) is 43.0 Å². The van der Waals surface area contributed by atoms with Gasteiger partial charge in [-0.2, -0.15) is 0 Å². The Morgan fingerprint density at radius 1 is 1.24 bits per heavy atom. The van der Waals surface area contributed by atoms with Crippen molar-refractivity contribution in [2.45, 2.75) is 45.3 Å². The molecule has 2 atom stereocenters. The molecule has 6 nitrogen and oxygen atoms in total. The maximum absolute atomic E-state index is 14.6. The van der Waals surface area contributed by atoms with Crippen LogP contribution in [0.3, 0.4) is 0 Å². The largest absolute Gasteiger partial charge is 0.389 e. The van der Waals surface area contributed by atoms with E-state index >= 15 is 0 Å². The summed E-state index contributed by atoms with van der Waals surface area (Å²) in [6.45, 7) is 7.06. The summed E-state index contributed by atoms with van der Waals surface area (Å²) in [7, 11) is 0. The number of pyridine rings is 1. The highest BCUT2D eigenvalue weighted by Gasteiger charge is 2.24. The lowest BCUT2D eigenvalue weighted by Gasteiger charge is -2.28. The highest BCUT2D eigenvalue weighted by molar-refractivity contribution is 5.87. The first kappa shape index (κ1) is 19.7. The van der Waals surface area contributed by atoms with Gasteiger partial charge in [-0.1, -0.05) is 19.9 Å². The summed E-state index contributed by atoms with van der Waals surface area (Å²) in [5.74, 6) is 0.115. The van der Waals surface area contributed by atoms with Crippen LogP contribution in [0.1, 0.15) is 37.4 Å². The minimum Gasteiger partial charge on any atom is -0.389 e. The first-order valence-corrected chi connectivity index (χ1v) is 9.89. The quantitative estimate of drug-likeness (QED) is 0.698. The molecular formula is C22H25FN4O2. The zero-order valence-corrected chi connectivity index (χ0v) is 16.8. The Kier molecular flexibility index (Phi) is 5.43. The third-order valence-electron chi connectivity index (χ3n) is 5.25. The summed E-state index contributed by atoms with van der Waals surface area (Å²) in [5.41, 5.74) is 3.91. The Hall–Kier alpha value is -2.64. The number of nitrogens with zero attached hydrogens (tertiary/aromatic N) is 3. The van der Waals surface area contributed by atoms with Crippen LogP contribution in [0.4, 0.5) is 10.3 Å². The van der Waals surface area contributed by atoms with E-state index in [0.717, 1.165) is 22.8 Å². The van der Waals surface area contributed by atoms with Crippen molar-refractivity contribution < 1.29 is 14.2 Å². The van der Waals surface area contributed by atoms with Crippen LogP contribution < -0.4 is 5.32 Å². The van der Waals surface area contributed by atoms with Gasteiger partial charge in [0, 0.05) is 23.3 Å². The molecule has 0 bridgehead atoms. The molecule has 1 aliphatic rings. The minimum absolute atomic E-state index is 0.223. The number of hydrogen-bond acceptors (Lipinski definition) is 6. The minimum atomic E-state index is -0.649. The lowest BCUT2D eigenvalue weighted by atomic mass is 9.96. The third-order valence-corrected chi connectivity index (χ3v) is 5.25. The molecule has 1 aliphatic heterocycles. The molecule has 29 heavy (non-hydrogen) atoms. The first-order valence-electron chi connectivity index (χ1n) is 9.89. The van der Waals surface area contributed by atoms with E-state index in [0.29, 0.717) is 30.5 Å². The molecule has 1 aromatic carbocycles. The fourth-order valence-electron chi connectivity index (χ4n) is 3.71. The molecule has 2 N–H and O–H groups in total. The monoisotopic (exact) mass is 396 g/mol. The van der Waals surface area contributed by atoms with Crippen LogP contribution in [-0.4, -0.2) is 45.4 Å². The van der Waals surface area contributed by atoms with Crippen molar-refractivity contribution in [1.82, 2.24) is 15.0 Å². The number of fused-ring (bicyclic) bond motifs is 1. The number of aliphatic hydroxyl groups excluding tert-OH is 1. The van der Waals surface area contributed by atoms with E-state index in [4.69, 9.17) is 4.74 Å².